The van der Waals surface area contributed by atoms with Gasteiger partial charge >= 0.3 is 0 Å². The van der Waals surface area contributed by atoms with Gasteiger partial charge < -0.3 is 10.2 Å². The van der Waals surface area contributed by atoms with Crippen LogP contribution in [0.2, 0.25) is 0 Å². The molecule has 1 N–H and O–H groups in total. The van der Waals surface area contributed by atoms with Crippen LogP contribution in [-0.2, 0) is 11.3 Å². The number of hydrogen-bond acceptors (Lipinski definition) is 3. The summed E-state index contributed by atoms with van der Waals surface area (Å²) < 4.78 is 1.10. The topological polar surface area (TPSA) is 32.3 Å². The quantitative estimate of drug-likeness (QED) is 0.877. The van der Waals surface area contributed by atoms with Crippen LogP contribution in [0, 0.1) is 5.92 Å². The molecule has 1 amide bonds. The van der Waals surface area contributed by atoms with E-state index in [9.17, 15) is 4.79 Å². The summed E-state index contributed by atoms with van der Waals surface area (Å²) in [5.74, 6) is 1.06. The number of carbonyl (C=O) groups is 1. The van der Waals surface area contributed by atoms with Crippen molar-refractivity contribution in [2.75, 3.05) is 7.05 Å². The molecule has 5 heteroatoms. The fraction of sp³-hybridized carbons (Fsp3) is 0.688. The third-order valence-corrected chi connectivity index (χ3v) is 6.52. The molecule has 3 unspecified atom stereocenters. The summed E-state index contributed by atoms with van der Waals surface area (Å²) in [6.07, 6.45) is 7.49. The van der Waals surface area contributed by atoms with Crippen molar-refractivity contribution in [3.8, 4) is 0 Å². The molecule has 1 aromatic rings. The fourth-order valence-electron chi connectivity index (χ4n) is 3.70. The highest BCUT2D eigenvalue weighted by Gasteiger charge is 2.35. The van der Waals surface area contributed by atoms with E-state index in [4.69, 9.17) is 0 Å². The minimum Gasteiger partial charge on any atom is -0.339 e. The summed E-state index contributed by atoms with van der Waals surface area (Å²) in [6, 6.07) is 2.70. The molecular formula is C16H23BrN2OS. The first-order valence-corrected chi connectivity index (χ1v) is 9.54. The van der Waals surface area contributed by atoms with Crippen LogP contribution in [-0.4, -0.2) is 29.9 Å². The van der Waals surface area contributed by atoms with E-state index in [1.54, 1.807) is 11.3 Å². The molecule has 2 fully saturated rings. The Morgan fingerprint density at radius 2 is 2.19 bits per heavy atom. The van der Waals surface area contributed by atoms with Gasteiger partial charge in [-0.25, -0.2) is 0 Å². The van der Waals surface area contributed by atoms with Gasteiger partial charge in [-0.05, 0) is 53.6 Å². The first-order chi connectivity index (χ1) is 10.1. The molecule has 1 aromatic heterocycles. The lowest BCUT2D eigenvalue weighted by Crippen LogP contribution is -2.55. The van der Waals surface area contributed by atoms with Gasteiger partial charge in [0.15, 0.2) is 0 Å². The van der Waals surface area contributed by atoms with Gasteiger partial charge in [-0.2, -0.15) is 0 Å². The Bertz CT molecular complexity index is 504. The molecule has 3 atom stereocenters. The van der Waals surface area contributed by atoms with Crippen molar-refractivity contribution in [3.05, 3.63) is 20.8 Å². The Morgan fingerprint density at radius 1 is 1.38 bits per heavy atom. The van der Waals surface area contributed by atoms with E-state index in [2.05, 4.69) is 32.7 Å². The van der Waals surface area contributed by atoms with E-state index in [0.717, 1.165) is 16.8 Å². The van der Waals surface area contributed by atoms with Crippen molar-refractivity contribution in [1.29, 1.82) is 0 Å². The van der Waals surface area contributed by atoms with Crippen LogP contribution in [0.3, 0.4) is 0 Å². The zero-order valence-corrected chi connectivity index (χ0v) is 14.9. The third-order valence-electron chi connectivity index (χ3n) is 4.84. The lowest BCUT2D eigenvalue weighted by atomic mass is 9.77. The summed E-state index contributed by atoms with van der Waals surface area (Å²) in [6.45, 7) is 0.710. The smallest absolute Gasteiger partial charge is 0.239 e. The molecule has 1 saturated carbocycles. The molecule has 3 rings (SSSR count). The van der Waals surface area contributed by atoms with Crippen LogP contribution >= 0.6 is 27.3 Å². The first-order valence-electron chi connectivity index (χ1n) is 7.87. The molecular weight excluding hydrogens is 348 g/mol. The van der Waals surface area contributed by atoms with Gasteiger partial charge in [0, 0.05) is 27.8 Å². The van der Waals surface area contributed by atoms with Crippen LogP contribution in [0.25, 0.3) is 0 Å². The van der Waals surface area contributed by atoms with Crippen LogP contribution in [0.15, 0.2) is 15.9 Å². The maximum Gasteiger partial charge on any atom is 0.239 e. The van der Waals surface area contributed by atoms with Crippen molar-refractivity contribution in [3.63, 3.8) is 0 Å². The van der Waals surface area contributed by atoms with E-state index in [1.165, 1.54) is 37.0 Å². The van der Waals surface area contributed by atoms with Crippen LogP contribution in [0.4, 0.5) is 0 Å². The molecule has 2 heterocycles. The number of hydrogen-bond donors (Lipinski definition) is 1. The zero-order chi connectivity index (χ0) is 14.8. The van der Waals surface area contributed by atoms with E-state index in [1.807, 2.05) is 11.9 Å². The molecule has 0 bridgehead atoms. The molecule has 116 valence electrons. The van der Waals surface area contributed by atoms with Crippen LogP contribution < -0.4 is 5.32 Å². The fourth-order valence-corrected chi connectivity index (χ4v) is 5.21. The van der Waals surface area contributed by atoms with Crippen molar-refractivity contribution < 1.29 is 4.79 Å². The highest BCUT2D eigenvalue weighted by atomic mass is 79.9. The van der Waals surface area contributed by atoms with Crippen molar-refractivity contribution in [1.82, 2.24) is 10.2 Å². The highest BCUT2D eigenvalue weighted by Crippen LogP contribution is 2.32. The molecule has 3 nitrogen and oxygen atoms in total. The molecule has 1 aliphatic heterocycles. The summed E-state index contributed by atoms with van der Waals surface area (Å²) >= 11 is 5.17. The minimum absolute atomic E-state index is 0.0257. The van der Waals surface area contributed by atoms with E-state index in [-0.39, 0.29) is 11.9 Å². The van der Waals surface area contributed by atoms with Gasteiger partial charge in [-0.1, -0.05) is 12.8 Å². The summed E-state index contributed by atoms with van der Waals surface area (Å²) in [5, 5.41) is 5.70. The van der Waals surface area contributed by atoms with E-state index in [0.29, 0.717) is 12.6 Å². The zero-order valence-electron chi connectivity index (χ0n) is 12.5. The number of rotatable bonds is 3. The molecule has 1 saturated heterocycles. The van der Waals surface area contributed by atoms with Crippen molar-refractivity contribution in [2.24, 2.45) is 5.92 Å². The van der Waals surface area contributed by atoms with Gasteiger partial charge in [0.25, 0.3) is 0 Å². The lowest BCUT2D eigenvalue weighted by Gasteiger charge is -2.40. The van der Waals surface area contributed by atoms with Crippen LogP contribution in [0.5, 0.6) is 0 Å². The lowest BCUT2D eigenvalue weighted by molar-refractivity contribution is -0.134. The monoisotopic (exact) mass is 370 g/mol. The Kier molecular flexibility index (Phi) is 5.02. The number of piperidine rings is 1. The molecule has 0 spiro atoms. The van der Waals surface area contributed by atoms with Crippen molar-refractivity contribution in [2.45, 2.75) is 57.2 Å². The maximum absolute atomic E-state index is 12.6. The Labute approximate surface area is 139 Å². The number of fused-ring (bicyclic) bond motifs is 1. The standard InChI is InChI=1S/C16H23BrN2OS/c1-19(9-13-8-12(17)10-21-13)16(20)15-7-6-11-4-2-3-5-14(11)18-15/h8,10-11,14-15,18H,2-7,9H2,1H3. The number of thiophene rings is 1. The van der Waals surface area contributed by atoms with E-state index < -0.39 is 0 Å². The second-order valence-electron chi connectivity index (χ2n) is 6.37. The maximum atomic E-state index is 12.6. The SMILES string of the molecule is CN(Cc1cc(Br)cs1)C(=O)C1CCC2CCCCC2N1. The number of amides is 1. The summed E-state index contributed by atoms with van der Waals surface area (Å²) in [4.78, 5) is 15.7. The Morgan fingerprint density at radius 3 is 2.95 bits per heavy atom. The minimum atomic E-state index is 0.0257. The number of nitrogens with zero attached hydrogens (tertiary/aromatic N) is 1. The highest BCUT2D eigenvalue weighted by molar-refractivity contribution is 9.10. The molecule has 0 aromatic carbocycles. The van der Waals surface area contributed by atoms with Crippen molar-refractivity contribution >= 4 is 33.2 Å². The average Bonchev–Trinajstić information content (AvgIpc) is 2.91. The number of carbonyl (C=O) groups excluding carboxylic acids is 1. The Hall–Kier alpha value is -0.390. The second-order valence-corrected chi connectivity index (χ2v) is 8.28. The number of nitrogens with one attached hydrogen (secondary N) is 1. The predicted octanol–water partition coefficient (Wildman–Crippen LogP) is 3.78. The third kappa shape index (κ3) is 3.69. The van der Waals surface area contributed by atoms with Gasteiger partial charge in [-0.15, -0.1) is 11.3 Å². The molecule has 1 aliphatic carbocycles. The number of likely N-dealkylation sites (N-methyl/N-ethyl adjacent to an activating group) is 1. The summed E-state index contributed by atoms with van der Waals surface area (Å²) in [5.41, 5.74) is 0. The molecule has 0 radical (unpaired) electrons. The summed E-state index contributed by atoms with van der Waals surface area (Å²) in [7, 11) is 1.92. The second kappa shape index (κ2) is 6.80. The van der Waals surface area contributed by atoms with Crippen LogP contribution in [0.1, 0.15) is 43.4 Å². The largest absolute Gasteiger partial charge is 0.339 e. The van der Waals surface area contributed by atoms with Gasteiger partial charge in [0.05, 0.1) is 12.6 Å². The molecule has 21 heavy (non-hydrogen) atoms. The molecule has 2 aliphatic rings. The van der Waals surface area contributed by atoms with Gasteiger partial charge in [-0.3, -0.25) is 4.79 Å². The normalized spacial score (nSPS) is 29.0. The van der Waals surface area contributed by atoms with E-state index >= 15 is 0 Å². The first kappa shape index (κ1) is 15.5. The average molecular weight is 371 g/mol. The Balaban J connectivity index is 1.57. The predicted molar refractivity (Wildman–Crippen MR) is 90.4 cm³/mol. The van der Waals surface area contributed by atoms with Gasteiger partial charge in [0.1, 0.15) is 0 Å². The van der Waals surface area contributed by atoms with Gasteiger partial charge in [0.2, 0.25) is 5.91 Å². The number of halogens is 1.